The van der Waals surface area contributed by atoms with Gasteiger partial charge in [0.2, 0.25) is 11.8 Å². The van der Waals surface area contributed by atoms with Gasteiger partial charge in [0.1, 0.15) is 28.5 Å². The molecule has 2 amide bonds. The van der Waals surface area contributed by atoms with E-state index in [4.69, 9.17) is 9.47 Å². The number of amides is 2. The summed E-state index contributed by atoms with van der Waals surface area (Å²) >= 11 is 0. The van der Waals surface area contributed by atoms with Crippen LogP contribution in [0.4, 0.5) is 15.8 Å². The molecule has 0 bridgehead atoms. The van der Waals surface area contributed by atoms with Crippen LogP contribution < -0.4 is 20.1 Å². The molecule has 1 aliphatic rings. The number of nitrogens with one attached hydrogen (secondary N) is 2. The van der Waals surface area contributed by atoms with Crippen molar-refractivity contribution in [2.45, 2.75) is 12.8 Å². The standard InChI is InChI=1S/C32H25FN4O4/c1-40-29-18-27-26(17-25(29)20-3-2-15-34-19-20)28(12-16-35-27)41-24-10-8-23(9-11-24)37-31(39)32(13-14-32)30(38)36-22-6-4-21(33)5-7-22/h2-12,15-19H,13-14H2,1H3,(H,36,38)(H,37,39). The number of benzene rings is 3. The van der Waals surface area contributed by atoms with E-state index < -0.39 is 17.1 Å². The normalized spacial score (nSPS) is 13.3. The van der Waals surface area contributed by atoms with Crippen LogP contribution in [0.25, 0.3) is 22.0 Å². The van der Waals surface area contributed by atoms with Crippen LogP contribution in [0, 0.1) is 11.2 Å². The molecule has 1 saturated carbocycles. The van der Waals surface area contributed by atoms with Crippen LogP contribution in [0.15, 0.2) is 97.5 Å². The first-order valence-corrected chi connectivity index (χ1v) is 13.0. The molecule has 3 aromatic carbocycles. The van der Waals surface area contributed by atoms with Gasteiger partial charge in [-0.3, -0.25) is 19.6 Å². The SMILES string of the molecule is COc1cc2nccc(Oc3ccc(NC(=O)C4(C(=O)Nc5ccc(F)cc5)CC4)cc3)c2cc1-c1cccnc1. The highest BCUT2D eigenvalue weighted by molar-refractivity contribution is 6.16. The monoisotopic (exact) mass is 548 g/mol. The number of anilines is 2. The molecular weight excluding hydrogens is 523 g/mol. The molecule has 0 unspecified atom stereocenters. The number of pyridine rings is 2. The van der Waals surface area contributed by atoms with E-state index in [1.165, 1.54) is 24.3 Å². The molecule has 6 rings (SSSR count). The first-order chi connectivity index (χ1) is 19.9. The number of hydrogen-bond acceptors (Lipinski definition) is 6. The molecule has 0 saturated heterocycles. The number of carbonyl (C=O) groups is 2. The third-order valence-electron chi connectivity index (χ3n) is 7.06. The molecule has 5 aromatic rings. The fourth-order valence-electron chi connectivity index (χ4n) is 4.60. The molecule has 2 N–H and O–H groups in total. The summed E-state index contributed by atoms with van der Waals surface area (Å²) in [7, 11) is 1.62. The van der Waals surface area contributed by atoms with Crippen molar-refractivity contribution in [3.8, 4) is 28.4 Å². The van der Waals surface area contributed by atoms with Gasteiger partial charge in [-0.1, -0.05) is 6.07 Å². The molecular formula is C32H25FN4O4. The Morgan fingerprint density at radius 1 is 0.854 bits per heavy atom. The minimum absolute atomic E-state index is 0.386. The first-order valence-electron chi connectivity index (χ1n) is 13.0. The van der Waals surface area contributed by atoms with Crippen LogP contribution in [-0.2, 0) is 9.59 Å². The molecule has 41 heavy (non-hydrogen) atoms. The highest BCUT2D eigenvalue weighted by Crippen LogP contribution is 2.47. The summed E-state index contributed by atoms with van der Waals surface area (Å²) in [5.41, 5.74) is 2.30. The van der Waals surface area contributed by atoms with Crippen LogP contribution >= 0.6 is 0 Å². The summed E-state index contributed by atoms with van der Waals surface area (Å²) in [5.74, 6) is 0.644. The predicted molar refractivity (Wildman–Crippen MR) is 153 cm³/mol. The largest absolute Gasteiger partial charge is 0.496 e. The number of nitrogens with zero attached hydrogens (tertiary/aromatic N) is 2. The molecule has 204 valence electrons. The molecule has 1 aliphatic carbocycles. The maximum absolute atomic E-state index is 13.2. The van der Waals surface area contributed by atoms with E-state index in [-0.39, 0.29) is 5.91 Å². The van der Waals surface area contributed by atoms with E-state index >= 15 is 0 Å². The zero-order valence-corrected chi connectivity index (χ0v) is 22.1. The fraction of sp³-hybridized carbons (Fsp3) is 0.125. The Kier molecular flexibility index (Phi) is 6.76. The van der Waals surface area contributed by atoms with Gasteiger partial charge in [0.05, 0.1) is 12.6 Å². The number of aromatic nitrogens is 2. The smallest absolute Gasteiger partial charge is 0.240 e. The lowest BCUT2D eigenvalue weighted by Gasteiger charge is -2.16. The number of ether oxygens (including phenoxy) is 2. The molecule has 0 radical (unpaired) electrons. The van der Waals surface area contributed by atoms with Crippen molar-refractivity contribution >= 4 is 34.1 Å². The van der Waals surface area contributed by atoms with Crippen molar-refractivity contribution in [2.24, 2.45) is 5.41 Å². The van der Waals surface area contributed by atoms with E-state index in [2.05, 4.69) is 20.6 Å². The zero-order valence-electron chi connectivity index (χ0n) is 22.1. The van der Waals surface area contributed by atoms with E-state index in [0.717, 1.165) is 16.5 Å². The highest BCUT2D eigenvalue weighted by atomic mass is 19.1. The van der Waals surface area contributed by atoms with Gasteiger partial charge < -0.3 is 20.1 Å². The molecule has 0 atom stereocenters. The van der Waals surface area contributed by atoms with Crippen molar-refractivity contribution in [1.82, 2.24) is 9.97 Å². The molecule has 9 heteroatoms. The molecule has 0 aliphatic heterocycles. The quantitative estimate of drug-likeness (QED) is 0.212. The van der Waals surface area contributed by atoms with Gasteiger partial charge in [0.25, 0.3) is 0 Å². The Bertz CT molecular complexity index is 1740. The van der Waals surface area contributed by atoms with Crippen molar-refractivity contribution in [3.05, 3.63) is 103 Å². The third kappa shape index (κ3) is 5.29. The Labute approximate surface area is 235 Å². The summed E-state index contributed by atoms with van der Waals surface area (Å²) in [6, 6.07) is 21.8. The van der Waals surface area contributed by atoms with Crippen molar-refractivity contribution in [1.29, 1.82) is 0 Å². The lowest BCUT2D eigenvalue weighted by Crippen LogP contribution is -2.35. The van der Waals surface area contributed by atoms with Crippen LogP contribution in [-0.4, -0.2) is 28.9 Å². The van der Waals surface area contributed by atoms with Crippen LogP contribution in [0.3, 0.4) is 0 Å². The second-order valence-electron chi connectivity index (χ2n) is 9.74. The molecule has 1 fully saturated rings. The van der Waals surface area contributed by atoms with E-state index in [0.29, 0.717) is 47.0 Å². The third-order valence-corrected chi connectivity index (χ3v) is 7.06. The number of fused-ring (bicyclic) bond motifs is 1. The van der Waals surface area contributed by atoms with E-state index in [1.807, 2.05) is 24.3 Å². The average molecular weight is 549 g/mol. The highest BCUT2D eigenvalue weighted by Gasteiger charge is 2.56. The Balaban J connectivity index is 1.17. The number of halogens is 1. The summed E-state index contributed by atoms with van der Waals surface area (Å²) < 4.78 is 25.0. The Hall–Kier alpha value is -5.31. The maximum Gasteiger partial charge on any atom is 0.240 e. The second-order valence-corrected chi connectivity index (χ2v) is 9.74. The van der Waals surface area contributed by atoms with Gasteiger partial charge in [0, 0.05) is 52.5 Å². The minimum Gasteiger partial charge on any atom is -0.496 e. The van der Waals surface area contributed by atoms with Gasteiger partial charge >= 0.3 is 0 Å². The van der Waals surface area contributed by atoms with Crippen LogP contribution in [0.1, 0.15) is 12.8 Å². The average Bonchev–Trinajstić information content (AvgIpc) is 3.82. The van der Waals surface area contributed by atoms with Gasteiger partial charge in [-0.15, -0.1) is 0 Å². The van der Waals surface area contributed by atoms with Gasteiger partial charge in [-0.05, 0) is 79.6 Å². The number of rotatable bonds is 8. The lowest BCUT2D eigenvalue weighted by molar-refractivity contribution is -0.131. The van der Waals surface area contributed by atoms with Crippen LogP contribution in [0.5, 0.6) is 17.2 Å². The summed E-state index contributed by atoms with van der Waals surface area (Å²) in [6.07, 6.45) is 6.03. The maximum atomic E-state index is 13.2. The molecule has 2 heterocycles. The summed E-state index contributed by atoms with van der Waals surface area (Å²) in [4.78, 5) is 34.5. The number of hydrogen-bond donors (Lipinski definition) is 2. The van der Waals surface area contributed by atoms with Gasteiger partial charge in [-0.25, -0.2) is 4.39 Å². The van der Waals surface area contributed by atoms with E-state index in [1.54, 1.807) is 56.0 Å². The van der Waals surface area contributed by atoms with Crippen LogP contribution in [0.2, 0.25) is 0 Å². The molecule has 0 spiro atoms. The van der Waals surface area contributed by atoms with E-state index in [9.17, 15) is 14.0 Å². The van der Waals surface area contributed by atoms with Gasteiger partial charge in [-0.2, -0.15) is 0 Å². The number of methoxy groups -OCH3 is 1. The summed E-state index contributed by atoms with van der Waals surface area (Å²) in [5, 5.41) is 6.34. The summed E-state index contributed by atoms with van der Waals surface area (Å²) in [6.45, 7) is 0. The Morgan fingerprint density at radius 2 is 1.54 bits per heavy atom. The topological polar surface area (TPSA) is 102 Å². The van der Waals surface area contributed by atoms with Gasteiger partial charge in [0.15, 0.2) is 0 Å². The lowest BCUT2D eigenvalue weighted by atomic mass is 10.0. The zero-order chi connectivity index (χ0) is 28.4. The second kappa shape index (κ2) is 10.7. The molecule has 8 nitrogen and oxygen atoms in total. The fourth-order valence-corrected chi connectivity index (χ4v) is 4.60. The predicted octanol–water partition coefficient (Wildman–Crippen LogP) is 6.59. The van der Waals surface area contributed by atoms with Crippen molar-refractivity contribution in [2.75, 3.05) is 17.7 Å². The molecule has 2 aromatic heterocycles. The first kappa shape index (κ1) is 25.9. The minimum atomic E-state index is -1.15. The van der Waals surface area contributed by atoms with Crippen molar-refractivity contribution in [3.63, 3.8) is 0 Å². The van der Waals surface area contributed by atoms with Crippen molar-refractivity contribution < 1.29 is 23.5 Å². The number of carbonyl (C=O) groups excluding carboxylic acids is 2. The Morgan fingerprint density at radius 3 is 2.15 bits per heavy atom.